The quantitative estimate of drug-likeness (QED) is 0.775. The van der Waals surface area contributed by atoms with Gasteiger partial charge in [-0.15, -0.1) is 6.58 Å². The Hall–Kier alpha value is -2.26. The van der Waals surface area contributed by atoms with Crippen LogP contribution in [0.4, 0.5) is 5.69 Å². The maximum Gasteiger partial charge on any atom is 0.262 e. The zero-order chi connectivity index (χ0) is 15.2. The summed E-state index contributed by atoms with van der Waals surface area (Å²) < 4.78 is 5.25. The molecule has 0 aliphatic heterocycles. The van der Waals surface area contributed by atoms with Gasteiger partial charge in [0.05, 0.1) is 12.7 Å². The molecule has 2 aromatic rings. The van der Waals surface area contributed by atoms with Crippen molar-refractivity contribution < 1.29 is 9.53 Å². The third kappa shape index (κ3) is 3.44. The number of methoxy groups -OCH3 is 1. The summed E-state index contributed by atoms with van der Waals surface area (Å²) in [5, 5.41) is 0.491. The third-order valence-corrected chi connectivity index (χ3v) is 3.25. The molecule has 0 unspecified atom stereocenters. The van der Waals surface area contributed by atoms with Crippen LogP contribution in [0.5, 0.6) is 5.75 Å². The highest BCUT2D eigenvalue weighted by atomic mass is 35.5. The van der Waals surface area contributed by atoms with Gasteiger partial charge in [-0.1, -0.05) is 35.9 Å². The maximum absolute atomic E-state index is 12.8. The highest BCUT2D eigenvalue weighted by Crippen LogP contribution is 2.26. The van der Waals surface area contributed by atoms with Crippen molar-refractivity contribution in [3.8, 4) is 5.75 Å². The van der Waals surface area contributed by atoms with E-state index in [9.17, 15) is 4.79 Å². The van der Waals surface area contributed by atoms with Gasteiger partial charge in [-0.3, -0.25) is 4.79 Å². The standard InChI is InChI=1S/C17H16ClNO2/c1-3-11-19(14-7-5-4-6-8-14)17(20)15-12-13(18)9-10-16(15)21-2/h3-10,12H,1,11H2,2H3. The lowest BCUT2D eigenvalue weighted by molar-refractivity contribution is 0.0987. The first kappa shape index (κ1) is 15.1. The number of hydrogen-bond acceptors (Lipinski definition) is 2. The number of rotatable bonds is 5. The lowest BCUT2D eigenvalue weighted by atomic mass is 10.1. The van der Waals surface area contributed by atoms with Crippen molar-refractivity contribution in [2.75, 3.05) is 18.6 Å². The van der Waals surface area contributed by atoms with E-state index < -0.39 is 0 Å². The zero-order valence-corrected chi connectivity index (χ0v) is 12.5. The van der Waals surface area contributed by atoms with Crippen LogP contribution in [0.3, 0.4) is 0 Å². The summed E-state index contributed by atoms with van der Waals surface area (Å²) in [6.07, 6.45) is 1.68. The lowest BCUT2D eigenvalue weighted by Crippen LogP contribution is -2.31. The number of carbonyl (C=O) groups excluding carboxylic acids is 1. The monoisotopic (exact) mass is 301 g/mol. The molecule has 0 heterocycles. The van der Waals surface area contributed by atoms with Crippen molar-refractivity contribution in [3.05, 3.63) is 71.8 Å². The number of nitrogens with zero attached hydrogens (tertiary/aromatic N) is 1. The van der Waals surface area contributed by atoms with Gasteiger partial charge in [-0.05, 0) is 30.3 Å². The molecule has 0 atom stereocenters. The van der Waals surface area contributed by atoms with Gasteiger partial charge in [-0.2, -0.15) is 0 Å². The molecule has 0 radical (unpaired) electrons. The van der Waals surface area contributed by atoms with Crippen LogP contribution in [0.15, 0.2) is 61.2 Å². The van der Waals surface area contributed by atoms with Gasteiger partial charge in [0.1, 0.15) is 5.75 Å². The van der Waals surface area contributed by atoms with Gasteiger partial charge in [-0.25, -0.2) is 0 Å². The van der Waals surface area contributed by atoms with Crippen LogP contribution in [0, 0.1) is 0 Å². The van der Waals surface area contributed by atoms with Crippen LogP contribution in [0.2, 0.25) is 5.02 Å². The zero-order valence-electron chi connectivity index (χ0n) is 11.8. The second-order valence-electron chi connectivity index (χ2n) is 4.38. The molecular weight excluding hydrogens is 286 g/mol. The van der Waals surface area contributed by atoms with Crippen molar-refractivity contribution in [3.63, 3.8) is 0 Å². The summed E-state index contributed by atoms with van der Waals surface area (Å²) in [6, 6.07) is 14.4. The van der Waals surface area contributed by atoms with E-state index in [1.807, 2.05) is 30.3 Å². The van der Waals surface area contributed by atoms with Gasteiger partial charge in [0.15, 0.2) is 0 Å². The van der Waals surface area contributed by atoms with Gasteiger partial charge in [0.25, 0.3) is 5.91 Å². The number of para-hydroxylation sites is 1. The Kier molecular flexibility index (Phi) is 5.01. The normalized spacial score (nSPS) is 10.0. The van der Waals surface area contributed by atoms with E-state index in [1.165, 1.54) is 7.11 Å². The predicted molar refractivity (Wildman–Crippen MR) is 86.3 cm³/mol. The molecule has 21 heavy (non-hydrogen) atoms. The van der Waals surface area contributed by atoms with E-state index in [0.29, 0.717) is 22.9 Å². The van der Waals surface area contributed by atoms with E-state index in [1.54, 1.807) is 29.2 Å². The van der Waals surface area contributed by atoms with Gasteiger partial charge >= 0.3 is 0 Å². The minimum atomic E-state index is -0.180. The molecule has 108 valence electrons. The molecule has 0 aliphatic carbocycles. The van der Waals surface area contributed by atoms with Gasteiger partial charge in [0.2, 0.25) is 0 Å². The Morgan fingerprint density at radius 3 is 2.62 bits per heavy atom. The number of ether oxygens (including phenoxy) is 1. The smallest absolute Gasteiger partial charge is 0.262 e. The molecule has 0 fully saturated rings. The van der Waals surface area contributed by atoms with Crippen LogP contribution < -0.4 is 9.64 Å². The molecule has 0 aliphatic rings. The van der Waals surface area contributed by atoms with Gasteiger partial charge < -0.3 is 9.64 Å². The predicted octanol–water partition coefficient (Wildman–Crippen LogP) is 4.18. The Morgan fingerprint density at radius 2 is 2.00 bits per heavy atom. The van der Waals surface area contributed by atoms with Crippen LogP contribution >= 0.6 is 11.6 Å². The SMILES string of the molecule is C=CCN(C(=O)c1cc(Cl)ccc1OC)c1ccccc1. The van der Waals surface area contributed by atoms with E-state index in [0.717, 1.165) is 5.69 Å². The molecule has 4 heteroatoms. The van der Waals surface area contributed by atoms with Crippen molar-refractivity contribution >= 4 is 23.2 Å². The molecule has 1 amide bonds. The van der Waals surface area contributed by atoms with Crippen molar-refractivity contribution in [2.24, 2.45) is 0 Å². The molecule has 0 bridgehead atoms. The highest BCUT2D eigenvalue weighted by Gasteiger charge is 2.20. The Balaban J connectivity index is 2.44. The summed E-state index contributed by atoms with van der Waals surface area (Å²) in [6.45, 7) is 4.11. The molecule has 0 saturated heterocycles. The summed E-state index contributed by atoms with van der Waals surface area (Å²) in [5.41, 5.74) is 1.22. The molecule has 0 N–H and O–H groups in total. The maximum atomic E-state index is 12.8. The van der Waals surface area contributed by atoms with E-state index in [4.69, 9.17) is 16.3 Å². The van der Waals surface area contributed by atoms with Crippen LogP contribution in [-0.2, 0) is 0 Å². The topological polar surface area (TPSA) is 29.5 Å². The Morgan fingerprint density at radius 1 is 1.29 bits per heavy atom. The van der Waals surface area contributed by atoms with Gasteiger partial charge in [0, 0.05) is 17.3 Å². The first-order valence-electron chi connectivity index (χ1n) is 6.48. The van der Waals surface area contributed by atoms with Crippen molar-refractivity contribution in [2.45, 2.75) is 0 Å². The number of anilines is 1. The average molecular weight is 302 g/mol. The molecule has 0 saturated carbocycles. The van der Waals surface area contributed by atoms with Crippen molar-refractivity contribution in [1.82, 2.24) is 0 Å². The first-order valence-corrected chi connectivity index (χ1v) is 6.86. The fraction of sp³-hybridized carbons (Fsp3) is 0.118. The minimum Gasteiger partial charge on any atom is -0.496 e. The summed E-state index contributed by atoms with van der Waals surface area (Å²) in [7, 11) is 1.53. The van der Waals surface area contributed by atoms with Crippen molar-refractivity contribution in [1.29, 1.82) is 0 Å². The number of hydrogen-bond donors (Lipinski definition) is 0. The molecule has 3 nitrogen and oxygen atoms in total. The molecule has 0 aromatic heterocycles. The van der Waals surface area contributed by atoms with Crippen LogP contribution in [-0.4, -0.2) is 19.6 Å². The summed E-state index contributed by atoms with van der Waals surface area (Å²) in [4.78, 5) is 14.4. The van der Waals surface area contributed by atoms with E-state index in [-0.39, 0.29) is 5.91 Å². The fourth-order valence-electron chi connectivity index (χ4n) is 2.04. The molecule has 0 spiro atoms. The van der Waals surface area contributed by atoms with E-state index >= 15 is 0 Å². The van der Waals surface area contributed by atoms with E-state index in [2.05, 4.69) is 6.58 Å². The highest BCUT2D eigenvalue weighted by molar-refractivity contribution is 6.31. The minimum absolute atomic E-state index is 0.180. The number of amides is 1. The first-order chi connectivity index (χ1) is 10.2. The summed E-state index contributed by atoms with van der Waals surface area (Å²) >= 11 is 6.00. The van der Waals surface area contributed by atoms with Crippen LogP contribution in [0.1, 0.15) is 10.4 Å². The van der Waals surface area contributed by atoms with Crippen LogP contribution in [0.25, 0.3) is 0 Å². The Labute approximate surface area is 129 Å². The number of carbonyl (C=O) groups is 1. The molecular formula is C17H16ClNO2. The second-order valence-corrected chi connectivity index (χ2v) is 4.82. The average Bonchev–Trinajstić information content (AvgIpc) is 2.52. The second kappa shape index (κ2) is 6.95. The third-order valence-electron chi connectivity index (χ3n) is 3.02. The summed E-state index contributed by atoms with van der Waals surface area (Å²) in [5.74, 6) is 0.315. The number of benzene rings is 2. The molecule has 2 rings (SSSR count). The lowest BCUT2D eigenvalue weighted by Gasteiger charge is -2.22. The Bertz CT molecular complexity index is 640. The largest absolute Gasteiger partial charge is 0.496 e. The fourth-order valence-corrected chi connectivity index (χ4v) is 2.21. The molecule has 2 aromatic carbocycles. The number of halogens is 1.